The van der Waals surface area contributed by atoms with Crippen molar-refractivity contribution in [2.75, 3.05) is 7.05 Å². The van der Waals surface area contributed by atoms with Gasteiger partial charge in [-0.25, -0.2) is 0 Å². The van der Waals surface area contributed by atoms with Gasteiger partial charge in [-0.05, 0) is 25.7 Å². The zero-order valence-electron chi connectivity index (χ0n) is 11.9. The molecule has 0 spiro atoms. The Morgan fingerprint density at radius 1 is 1.30 bits per heavy atom. The number of aromatic nitrogens is 3. The topological polar surface area (TPSA) is 67.1 Å². The molecule has 0 unspecified atom stereocenters. The van der Waals surface area contributed by atoms with Gasteiger partial charge in [0.25, 0.3) is 0 Å². The van der Waals surface area contributed by atoms with Gasteiger partial charge in [0.2, 0.25) is 0 Å². The van der Waals surface area contributed by atoms with Gasteiger partial charge in [-0.15, -0.1) is 34.2 Å². The third-order valence-electron chi connectivity index (χ3n) is 3.74. The van der Waals surface area contributed by atoms with E-state index in [4.69, 9.17) is 0 Å². The van der Waals surface area contributed by atoms with Crippen LogP contribution in [-0.4, -0.2) is 33.8 Å². The molecule has 0 aromatic carbocycles. The van der Waals surface area contributed by atoms with E-state index in [-0.39, 0.29) is 24.0 Å². The zero-order valence-corrected chi connectivity index (χ0v) is 14.3. The molecule has 2 N–H and O–H groups in total. The number of hydrogen-bond donors (Lipinski definition) is 2. The monoisotopic (exact) mass is 390 g/mol. The van der Waals surface area contributed by atoms with Gasteiger partial charge in [-0.2, -0.15) is 0 Å². The second-order valence-electron chi connectivity index (χ2n) is 5.34. The first-order valence-electron chi connectivity index (χ1n) is 7.25. The van der Waals surface area contributed by atoms with Crippen LogP contribution in [0.25, 0.3) is 0 Å². The van der Waals surface area contributed by atoms with Crippen molar-refractivity contribution in [3.8, 4) is 0 Å². The maximum Gasteiger partial charge on any atom is 0.191 e. The first-order chi connectivity index (χ1) is 9.36. The molecule has 2 heterocycles. The smallest absolute Gasteiger partial charge is 0.191 e. The van der Waals surface area contributed by atoms with Crippen LogP contribution in [0.4, 0.5) is 0 Å². The van der Waals surface area contributed by atoms with Crippen LogP contribution in [0, 0.1) is 0 Å². The normalized spacial score (nSPS) is 18.8. The zero-order chi connectivity index (χ0) is 13.1. The third kappa shape index (κ3) is 3.83. The van der Waals surface area contributed by atoms with E-state index in [0.29, 0.717) is 12.6 Å². The molecule has 2 aliphatic rings. The minimum Gasteiger partial charge on any atom is -0.354 e. The molecule has 0 bridgehead atoms. The molecule has 112 valence electrons. The molecule has 1 aliphatic carbocycles. The van der Waals surface area contributed by atoms with Gasteiger partial charge in [-0.1, -0.05) is 6.42 Å². The van der Waals surface area contributed by atoms with E-state index in [9.17, 15) is 0 Å². The van der Waals surface area contributed by atoms with E-state index < -0.39 is 0 Å². The minimum absolute atomic E-state index is 0. The van der Waals surface area contributed by atoms with Crippen molar-refractivity contribution in [1.82, 2.24) is 25.4 Å². The number of guanidine groups is 1. The fourth-order valence-electron chi connectivity index (χ4n) is 2.45. The Morgan fingerprint density at radius 2 is 2.15 bits per heavy atom. The molecule has 20 heavy (non-hydrogen) atoms. The standard InChI is InChI=1S/C13H22N6.HI/c1-14-13(16-10-6-7-10)15-9-12-18-17-11-5-3-2-4-8-19(11)12;/h10H,2-9H2,1H3,(H2,14,15,16);1H. The van der Waals surface area contributed by atoms with E-state index >= 15 is 0 Å². The Kier molecular flexibility index (Phi) is 5.62. The van der Waals surface area contributed by atoms with Crippen molar-refractivity contribution in [1.29, 1.82) is 0 Å². The summed E-state index contributed by atoms with van der Waals surface area (Å²) in [5, 5.41) is 15.3. The summed E-state index contributed by atoms with van der Waals surface area (Å²) in [4.78, 5) is 4.24. The van der Waals surface area contributed by atoms with Crippen molar-refractivity contribution in [3.05, 3.63) is 11.6 Å². The van der Waals surface area contributed by atoms with Crippen molar-refractivity contribution >= 4 is 29.9 Å². The molecular formula is C13H23IN6. The Bertz CT molecular complexity index is 465. The molecule has 0 saturated heterocycles. The summed E-state index contributed by atoms with van der Waals surface area (Å²) in [6.45, 7) is 1.74. The molecule has 6 nitrogen and oxygen atoms in total. The predicted octanol–water partition coefficient (Wildman–Crippen LogP) is 1.45. The van der Waals surface area contributed by atoms with Crippen LogP contribution in [0.2, 0.25) is 0 Å². The summed E-state index contributed by atoms with van der Waals surface area (Å²) in [7, 11) is 1.81. The average Bonchev–Trinajstić information content (AvgIpc) is 3.21. The summed E-state index contributed by atoms with van der Waals surface area (Å²) in [5.74, 6) is 3.03. The molecule has 7 heteroatoms. The second-order valence-corrected chi connectivity index (χ2v) is 5.34. The van der Waals surface area contributed by atoms with Gasteiger partial charge in [0.05, 0.1) is 6.54 Å². The number of nitrogens with zero attached hydrogens (tertiary/aromatic N) is 4. The lowest BCUT2D eigenvalue weighted by atomic mass is 10.2. The molecule has 1 aromatic heterocycles. The Morgan fingerprint density at radius 3 is 2.90 bits per heavy atom. The quantitative estimate of drug-likeness (QED) is 0.466. The van der Waals surface area contributed by atoms with E-state index in [1.54, 1.807) is 0 Å². The molecular weight excluding hydrogens is 367 g/mol. The van der Waals surface area contributed by atoms with Crippen molar-refractivity contribution < 1.29 is 0 Å². The predicted molar refractivity (Wildman–Crippen MR) is 89.3 cm³/mol. The van der Waals surface area contributed by atoms with Gasteiger partial charge < -0.3 is 15.2 Å². The Labute approximate surface area is 136 Å². The molecule has 1 fully saturated rings. The number of aryl methyl sites for hydroxylation is 1. The third-order valence-corrected chi connectivity index (χ3v) is 3.74. The number of rotatable bonds is 3. The molecule has 1 saturated carbocycles. The summed E-state index contributed by atoms with van der Waals surface area (Å²) >= 11 is 0. The lowest BCUT2D eigenvalue weighted by molar-refractivity contribution is 0.596. The van der Waals surface area contributed by atoms with Crippen LogP contribution >= 0.6 is 24.0 Å². The minimum atomic E-state index is 0. The van der Waals surface area contributed by atoms with Crippen LogP contribution in [0.5, 0.6) is 0 Å². The van der Waals surface area contributed by atoms with E-state index in [2.05, 4.69) is 30.4 Å². The second kappa shape index (κ2) is 7.24. The fourth-order valence-corrected chi connectivity index (χ4v) is 2.45. The maximum absolute atomic E-state index is 4.31. The summed E-state index contributed by atoms with van der Waals surface area (Å²) in [6, 6.07) is 0.613. The molecule has 0 atom stereocenters. The highest BCUT2D eigenvalue weighted by Gasteiger charge is 2.22. The number of halogens is 1. The Hall–Kier alpha value is -0.860. The van der Waals surface area contributed by atoms with Crippen LogP contribution < -0.4 is 10.6 Å². The van der Waals surface area contributed by atoms with Gasteiger partial charge in [-0.3, -0.25) is 4.99 Å². The van der Waals surface area contributed by atoms with Crippen LogP contribution in [-0.2, 0) is 19.5 Å². The molecule has 1 aliphatic heterocycles. The first kappa shape index (κ1) is 15.5. The van der Waals surface area contributed by atoms with Crippen LogP contribution in [0.15, 0.2) is 4.99 Å². The fraction of sp³-hybridized carbons (Fsp3) is 0.769. The van der Waals surface area contributed by atoms with E-state index in [1.807, 2.05) is 7.05 Å². The summed E-state index contributed by atoms with van der Waals surface area (Å²) in [6.07, 6.45) is 7.31. The number of hydrogen-bond acceptors (Lipinski definition) is 3. The summed E-state index contributed by atoms with van der Waals surface area (Å²) in [5.41, 5.74) is 0. The van der Waals surface area contributed by atoms with Gasteiger partial charge >= 0.3 is 0 Å². The van der Waals surface area contributed by atoms with Gasteiger partial charge in [0.15, 0.2) is 11.8 Å². The first-order valence-corrected chi connectivity index (χ1v) is 7.25. The lowest BCUT2D eigenvalue weighted by Gasteiger charge is -2.11. The number of aliphatic imine (C=N–C) groups is 1. The van der Waals surface area contributed by atoms with E-state index in [1.165, 1.54) is 32.1 Å². The molecule has 0 amide bonds. The molecule has 0 radical (unpaired) electrons. The van der Waals surface area contributed by atoms with Crippen LogP contribution in [0.1, 0.15) is 43.8 Å². The van der Waals surface area contributed by atoms with Crippen molar-refractivity contribution in [3.63, 3.8) is 0 Å². The molecule has 3 rings (SSSR count). The highest BCUT2D eigenvalue weighted by molar-refractivity contribution is 14.0. The summed E-state index contributed by atoms with van der Waals surface area (Å²) < 4.78 is 2.27. The van der Waals surface area contributed by atoms with Crippen LogP contribution in [0.3, 0.4) is 0 Å². The SMILES string of the molecule is CN=C(NCc1nnc2n1CCCCC2)NC1CC1.I. The highest BCUT2D eigenvalue weighted by Crippen LogP contribution is 2.18. The molecule has 1 aromatic rings. The van der Waals surface area contributed by atoms with Crippen molar-refractivity contribution in [2.45, 2.75) is 57.7 Å². The lowest BCUT2D eigenvalue weighted by Crippen LogP contribution is -2.38. The van der Waals surface area contributed by atoms with Gasteiger partial charge in [0.1, 0.15) is 5.82 Å². The number of fused-ring (bicyclic) bond motifs is 1. The van der Waals surface area contributed by atoms with Gasteiger partial charge in [0, 0.05) is 26.1 Å². The highest BCUT2D eigenvalue weighted by atomic mass is 127. The number of nitrogens with one attached hydrogen (secondary N) is 2. The Balaban J connectivity index is 0.00000147. The largest absolute Gasteiger partial charge is 0.354 e. The maximum atomic E-state index is 4.31. The van der Waals surface area contributed by atoms with Crippen molar-refractivity contribution in [2.24, 2.45) is 4.99 Å². The van der Waals surface area contributed by atoms with E-state index in [0.717, 1.165) is 30.6 Å². The average molecular weight is 390 g/mol.